The van der Waals surface area contributed by atoms with Gasteiger partial charge in [0.1, 0.15) is 0 Å². The van der Waals surface area contributed by atoms with Crippen molar-refractivity contribution in [1.29, 1.82) is 0 Å². The molecule has 1 aromatic heterocycles. The fraction of sp³-hybridized carbons (Fsp3) is 0.769. The molecule has 0 amide bonds. The van der Waals surface area contributed by atoms with Crippen molar-refractivity contribution in [2.75, 3.05) is 14.2 Å². The van der Waals surface area contributed by atoms with Gasteiger partial charge in [-0.25, -0.2) is 0 Å². The van der Waals surface area contributed by atoms with Crippen molar-refractivity contribution in [2.24, 2.45) is 11.8 Å². The van der Waals surface area contributed by atoms with E-state index in [1.165, 1.54) is 12.1 Å². The lowest BCUT2D eigenvalue weighted by atomic mass is 10.1. The third-order valence-electron chi connectivity index (χ3n) is 3.71. The molecule has 3 atom stereocenters. The Hall–Kier alpha value is -1.03. The van der Waals surface area contributed by atoms with Crippen molar-refractivity contribution in [3.05, 3.63) is 11.9 Å². The summed E-state index contributed by atoms with van der Waals surface area (Å²) < 4.78 is 7.52. The van der Waals surface area contributed by atoms with E-state index in [0.717, 1.165) is 11.7 Å². The Morgan fingerprint density at radius 1 is 1.53 bits per heavy atom. The molecule has 1 aliphatic rings. The lowest BCUT2D eigenvalue weighted by Gasteiger charge is -2.21. The molecule has 2 rings (SSSR count). The molecular weight excluding hydrogens is 214 g/mol. The zero-order chi connectivity index (χ0) is 12.6. The molecule has 1 aromatic rings. The fourth-order valence-corrected chi connectivity index (χ4v) is 2.59. The van der Waals surface area contributed by atoms with Gasteiger partial charge in [0.05, 0.1) is 25.0 Å². The first-order chi connectivity index (χ1) is 8.10. The molecule has 17 heavy (non-hydrogen) atoms. The van der Waals surface area contributed by atoms with Gasteiger partial charge in [0, 0.05) is 6.04 Å². The maximum atomic E-state index is 5.45. The molecule has 0 bridgehead atoms. The van der Waals surface area contributed by atoms with Gasteiger partial charge in [0.2, 0.25) is 0 Å². The Morgan fingerprint density at radius 2 is 2.18 bits per heavy atom. The van der Waals surface area contributed by atoms with E-state index in [1.54, 1.807) is 7.11 Å². The Balaban J connectivity index is 2.36. The quantitative estimate of drug-likeness (QED) is 0.854. The lowest BCUT2D eigenvalue weighted by Crippen LogP contribution is -2.24. The van der Waals surface area contributed by atoms with Crippen LogP contribution in [-0.4, -0.2) is 23.9 Å². The number of rotatable bonds is 5. The molecule has 96 valence electrons. The van der Waals surface area contributed by atoms with Crippen molar-refractivity contribution in [3.63, 3.8) is 0 Å². The zero-order valence-corrected chi connectivity index (χ0v) is 11.4. The van der Waals surface area contributed by atoms with E-state index in [1.807, 2.05) is 13.2 Å². The highest BCUT2D eigenvalue weighted by Crippen LogP contribution is 2.48. The smallest absolute Gasteiger partial charge is 0.161 e. The number of nitrogens with zero attached hydrogens (tertiary/aromatic N) is 2. The molecule has 0 saturated heterocycles. The molecule has 4 heteroatoms. The van der Waals surface area contributed by atoms with Gasteiger partial charge < -0.3 is 10.1 Å². The van der Waals surface area contributed by atoms with Gasteiger partial charge in [-0.05, 0) is 39.2 Å². The molecule has 4 nitrogen and oxygen atoms in total. The highest BCUT2D eigenvalue weighted by Gasteiger charge is 2.42. The molecule has 0 spiro atoms. The average molecular weight is 237 g/mol. The van der Waals surface area contributed by atoms with E-state index in [2.05, 4.69) is 35.9 Å². The fourth-order valence-electron chi connectivity index (χ4n) is 2.59. The number of aromatic nitrogens is 2. The molecule has 0 aliphatic heterocycles. The predicted octanol–water partition coefficient (Wildman–Crippen LogP) is 2.39. The van der Waals surface area contributed by atoms with Gasteiger partial charge in [0.25, 0.3) is 0 Å². The first-order valence-corrected chi connectivity index (χ1v) is 6.38. The Bertz CT molecular complexity index is 386. The Labute approximate surface area is 103 Å². The first kappa shape index (κ1) is 12.4. The molecule has 1 fully saturated rings. The van der Waals surface area contributed by atoms with Gasteiger partial charge in [-0.15, -0.1) is 0 Å². The monoisotopic (exact) mass is 237 g/mol. The van der Waals surface area contributed by atoms with Gasteiger partial charge in [-0.1, -0.05) is 6.92 Å². The maximum absolute atomic E-state index is 5.45. The lowest BCUT2D eigenvalue weighted by molar-refractivity contribution is 0.374. The van der Waals surface area contributed by atoms with Crippen LogP contribution in [0.15, 0.2) is 6.20 Å². The summed E-state index contributed by atoms with van der Waals surface area (Å²) in [4.78, 5) is 0. The Morgan fingerprint density at radius 3 is 2.59 bits per heavy atom. The second kappa shape index (κ2) is 4.69. The molecular formula is C13H23N3O. The molecule has 3 unspecified atom stereocenters. The number of methoxy groups -OCH3 is 1. The number of hydrogen-bond acceptors (Lipinski definition) is 3. The number of nitrogens with one attached hydrogen (secondary N) is 1. The van der Waals surface area contributed by atoms with Crippen LogP contribution in [0.5, 0.6) is 5.75 Å². The van der Waals surface area contributed by atoms with Gasteiger partial charge in [0.15, 0.2) is 5.75 Å². The van der Waals surface area contributed by atoms with Crippen molar-refractivity contribution in [3.8, 4) is 5.75 Å². The molecule has 1 N–H and O–H groups in total. The summed E-state index contributed by atoms with van der Waals surface area (Å²) in [7, 11) is 3.74. The summed E-state index contributed by atoms with van der Waals surface area (Å²) in [5, 5.41) is 7.87. The van der Waals surface area contributed by atoms with E-state index in [9.17, 15) is 0 Å². The standard InChI is InChI=1S/C13H23N3O/c1-8(2)16-13(11(17-5)7-15-16)12(14-4)10-6-9(10)3/h7-10,12,14H,6H2,1-5H3. The largest absolute Gasteiger partial charge is 0.493 e. The summed E-state index contributed by atoms with van der Waals surface area (Å²) in [6.45, 7) is 6.61. The van der Waals surface area contributed by atoms with E-state index in [0.29, 0.717) is 18.0 Å². The first-order valence-electron chi connectivity index (χ1n) is 6.38. The van der Waals surface area contributed by atoms with Gasteiger partial charge in [-0.3, -0.25) is 4.68 Å². The van der Waals surface area contributed by atoms with Crippen LogP contribution in [0, 0.1) is 11.8 Å². The van der Waals surface area contributed by atoms with E-state index in [4.69, 9.17) is 4.74 Å². The topological polar surface area (TPSA) is 39.1 Å². The highest BCUT2D eigenvalue weighted by atomic mass is 16.5. The third kappa shape index (κ3) is 2.18. The predicted molar refractivity (Wildman–Crippen MR) is 68.2 cm³/mol. The maximum Gasteiger partial charge on any atom is 0.161 e. The normalized spacial score (nSPS) is 25.1. The van der Waals surface area contributed by atoms with E-state index < -0.39 is 0 Å². The van der Waals surface area contributed by atoms with Crippen molar-refractivity contribution >= 4 is 0 Å². The Kier molecular flexibility index (Phi) is 3.43. The second-order valence-corrected chi connectivity index (χ2v) is 5.28. The summed E-state index contributed by atoms with van der Waals surface area (Å²) in [5.74, 6) is 2.41. The average Bonchev–Trinajstić information content (AvgIpc) is 2.86. The van der Waals surface area contributed by atoms with Crippen molar-refractivity contribution in [2.45, 2.75) is 39.3 Å². The molecule has 1 saturated carbocycles. The van der Waals surface area contributed by atoms with Gasteiger partial charge in [-0.2, -0.15) is 5.10 Å². The SMILES string of the molecule is CNC(c1c(OC)cnn1C(C)C)C1CC1C. The minimum absolute atomic E-state index is 0.352. The number of ether oxygens (including phenoxy) is 1. The summed E-state index contributed by atoms with van der Waals surface area (Å²) in [5.41, 5.74) is 1.19. The molecule has 0 aromatic carbocycles. The summed E-state index contributed by atoms with van der Waals surface area (Å²) in [6, 6.07) is 0.712. The van der Waals surface area contributed by atoms with Crippen LogP contribution < -0.4 is 10.1 Å². The van der Waals surface area contributed by atoms with Crippen LogP contribution in [0.2, 0.25) is 0 Å². The third-order valence-corrected chi connectivity index (χ3v) is 3.71. The van der Waals surface area contributed by atoms with Crippen LogP contribution in [0.3, 0.4) is 0 Å². The molecule has 0 radical (unpaired) electrons. The summed E-state index contributed by atoms with van der Waals surface area (Å²) in [6.07, 6.45) is 3.12. The van der Waals surface area contributed by atoms with Crippen LogP contribution in [0.25, 0.3) is 0 Å². The molecule has 1 aliphatic carbocycles. The minimum atomic E-state index is 0.352. The summed E-state index contributed by atoms with van der Waals surface area (Å²) >= 11 is 0. The zero-order valence-electron chi connectivity index (χ0n) is 11.4. The van der Waals surface area contributed by atoms with Crippen LogP contribution >= 0.6 is 0 Å². The molecule has 1 heterocycles. The van der Waals surface area contributed by atoms with Crippen LogP contribution in [0.4, 0.5) is 0 Å². The minimum Gasteiger partial charge on any atom is -0.493 e. The van der Waals surface area contributed by atoms with E-state index >= 15 is 0 Å². The van der Waals surface area contributed by atoms with Crippen molar-refractivity contribution in [1.82, 2.24) is 15.1 Å². The van der Waals surface area contributed by atoms with Crippen LogP contribution in [0.1, 0.15) is 45.0 Å². The van der Waals surface area contributed by atoms with Gasteiger partial charge >= 0.3 is 0 Å². The highest BCUT2D eigenvalue weighted by molar-refractivity contribution is 5.30. The number of hydrogen-bond donors (Lipinski definition) is 1. The van der Waals surface area contributed by atoms with Crippen LogP contribution in [-0.2, 0) is 0 Å². The second-order valence-electron chi connectivity index (χ2n) is 5.28. The van der Waals surface area contributed by atoms with E-state index in [-0.39, 0.29) is 0 Å². The van der Waals surface area contributed by atoms with Crippen molar-refractivity contribution < 1.29 is 4.74 Å².